The van der Waals surface area contributed by atoms with E-state index in [1.165, 1.54) is 0 Å². The second-order valence-corrected chi connectivity index (χ2v) is 8.56. The second kappa shape index (κ2) is 7.66. The Kier molecular flexibility index (Phi) is 4.84. The summed E-state index contributed by atoms with van der Waals surface area (Å²) in [6.07, 6.45) is 6.27. The van der Waals surface area contributed by atoms with Crippen LogP contribution in [0, 0.1) is 11.3 Å². The van der Waals surface area contributed by atoms with Crippen molar-refractivity contribution in [1.82, 2.24) is 14.9 Å². The van der Waals surface area contributed by atoms with Gasteiger partial charge in [0.15, 0.2) is 0 Å². The number of rotatable bonds is 4. The van der Waals surface area contributed by atoms with Crippen molar-refractivity contribution in [3.05, 3.63) is 53.9 Å². The summed E-state index contributed by atoms with van der Waals surface area (Å²) in [4.78, 5) is 7.44. The number of nitriles is 1. The van der Waals surface area contributed by atoms with Crippen molar-refractivity contribution < 1.29 is 5.11 Å². The molecule has 1 saturated heterocycles. The maximum atomic E-state index is 9.57. The molecule has 154 valence electrons. The Balaban J connectivity index is 1.36. The first-order valence-corrected chi connectivity index (χ1v) is 10.8. The average Bonchev–Trinajstić information content (AvgIpc) is 3.11. The number of benzene rings is 1. The Bertz CT molecular complexity index is 1080. The Morgan fingerprint density at radius 3 is 2.50 bits per heavy atom. The molecule has 6 nitrogen and oxygen atoms in total. The molecule has 0 spiro atoms. The SMILES string of the molecule is CNC1CC(n2cc(C#N)c3ccc(C4CCN(c5ccc(O)cc5)CC4)nc32)C1. The zero-order chi connectivity index (χ0) is 20.7. The molecule has 1 aliphatic heterocycles. The molecule has 0 radical (unpaired) electrons. The second-order valence-electron chi connectivity index (χ2n) is 8.56. The number of piperidine rings is 1. The van der Waals surface area contributed by atoms with Crippen molar-refractivity contribution in [3.63, 3.8) is 0 Å². The van der Waals surface area contributed by atoms with E-state index in [1.54, 1.807) is 12.1 Å². The predicted molar refractivity (Wildman–Crippen MR) is 118 cm³/mol. The number of aromatic nitrogens is 2. The number of phenolic OH excluding ortho intramolecular Hbond substituents is 1. The van der Waals surface area contributed by atoms with Crippen LogP contribution in [-0.2, 0) is 0 Å². The van der Waals surface area contributed by atoms with Gasteiger partial charge in [-0.3, -0.25) is 0 Å². The number of hydrogen-bond donors (Lipinski definition) is 2. The van der Waals surface area contributed by atoms with Gasteiger partial charge in [-0.15, -0.1) is 0 Å². The minimum atomic E-state index is 0.304. The first-order valence-electron chi connectivity index (χ1n) is 10.8. The molecule has 3 heterocycles. The van der Waals surface area contributed by atoms with E-state index in [1.807, 2.05) is 25.4 Å². The van der Waals surface area contributed by atoms with Crippen LogP contribution in [0.4, 0.5) is 5.69 Å². The quantitative estimate of drug-likeness (QED) is 0.693. The highest BCUT2D eigenvalue weighted by atomic mass is 16.3. The monoisotopic (exact) mass is 401 g/mol. The number of phenols is 1. The van der Waals surface area contributed by atoms with Crippen LogP contribution in [0.2, 0.25) is 0 Å². The normalized spacial score (nSPS) is 22.1. The molecule has 0 bridgehead atoms. The van der Waals surface area contributed by atoms with Gasteiger partial charge in [-0.25, -0.2) is 4.98 Å². The molecule has 0 amide bonds. The van der Waals surface area contributed by atoms with E-state index in [0.29, 0.717) is 23.8 Å². The highest BCUT2D eigenvalue weighted by Crippen LogP contribution is 2.37. The van der Waals surface area contributed by atoms with E-state index in [9.17, 15) is 10.4 Å². The zero-order valence-corrected chi connectivity index (χ0v) is 17.3. The molecule has 3 aromatic rings. The Labute approximate surface area is 176 Å². The maximum Gasteiger partial charge on any atom is 0.141 e. The van der Waals surface area contributed by atoms with Crippen molar-refractivity contribution in [2.75, 3.05) is 25.0 Å². The summed E-state index contributed by atoms with van der Waals surface area (Å²) in [7, 11) is 2.01. The highest BCUT2D eigenvalue weighted by molar-refractivity contribution is 5.83. The van der Waals surface area contributed by atoms with Crippen molar-refractivity contribution in [1.29, 1.82) is 5.26 Å². The fraction of sp³-hybridized carbons (Fsp3) is 0.417. The van der Waals surface area contributed by atoms with Gasteiger partial charge in [0.1, 0.15) is 17.5 Å². The van der Waals surface area contributed by atoms with Crippen LogP contribution in [0.3, 0.4) is 0 Å². The van der Waals surface area contributed by atoms with Gasteiger partial charge < -0.3 is 19.9 Å². The number of pyridine rings is 1. The number of fused-ring (bicyclic) bond motifs is 1. The van der Waals surface area contributed by atoms with Gasteiger partial charge in [0.2, 0.25) is 0 Å². The lowest BCUT2D eigenvalue weighted by atomic mass is 9.87. The first-order chi connectivity index (χ1) is 14.7. The number of nitrogens with zero attached hydrogens (tertiary/aromatic N) is 4. The molecule has 1 aromatic carbocycles. The average molecular weight is 402 g/mol. The smallest absolute Gasteiger partial charge is 0.141 e. The van der Waals surface area contributed by atoms with Gasteiger partial charge in [0, 0.05) is 54.1 Å². The molecule has 6 heteroatoms. The van der Waals surface area contributed by atoms with E-state index >= 15 is 0 Å². The lowest BCUT2D eigenvalue weighted by Gasteiger charge is -2.36. The molecule has 1 aliphatic carbocycles. The lowest BCUT2D eigenvalue weighted by molar-refractivity contribution is 0.240. The standard InChI is InChI=1S/C24H27N5O/c1-26-18-12-20(13-18)29-15-17(14-25)22-6-7-23(27-24(22)29)16-8-10-28(11-9-16)19-2-4-21(30)5-3-19/h2-7,15-16,18,20,26,30H,8-13H2,1H3. The summed E-state index contributed by atoms with van der Waals surface area (Å²) in [5, 5.41) is 23.4. The number of aromatic hydroxyl groups is 1. The van der Waals surface area contributed by atoms with Crippen LogP contribution < -0.4 is 10.2 Å². The van der Waals surface area contributed by atoms with Gasteiger partial charge >= 0.3 is 0 Å². The highest BCUT2D eigenvalue weighted by Gasteiger charge is 2.31. The third kappa shape index (κ3) is 3.29. The Morgan fingerprint density at radius 1 is 1.10 bits per heavy atom. The molecule has 0 atom stereocenters. The predicted octanol–water partition coefficient (Wildman–Crippen LogP) is 3.92. The molecule has 2 aliphatic rings. The Morgan fingerprint density at radius 2 is 1.83 bits per heavy atom. The molecular formula is C24H27N5O. The van der Waals surface area contributed by atoms with Crippen LogP contribution in [0.15, 0.2) is 42.6 Å². The zero-order valence-electron chi connectivity index (χ0n) is 17.3. The summed E-state index contributed by atoms with van der Waals surface area (Å²) in [5.41, 5.74) is 3.98. The van der Waals surface area contributed by atoms with Crippen LogP contribution in [0.1, 0.15) is 48.9 Å². The fourth-order valence-electron chi connectivity index (χ4n) is 4.88. The largest absolute Gasteiger partial charge is 0.508 e. The van der Waals surface area contributed by atoms with E-state index in [2.05, 4.69) is 33.0 Å². The van der Waals surface area contributed by atoms with Crippen molar-refractivity contribution in [2.24, 2.45) is 0 Å². The van der Waals surface area contributed by atoms with Gasteiger partial charge in [-0.1, -0.05) is 0 Å². The molecule has 2 fully saturated rings. The molecule has 0 unspecified atom stereocenters. The lowest BCUT2D eigenvalue weighted by Crippen LogP contribution is -2.40. The van der Waals surface area contributed by atoms with Gasteiger partial charge in [-0.2, -0.15) is 5.26 Å². The fourth-order valence-corrected chi connectivity index (χ4v) is 4.88. The van der Waals surface area contributed by atoms with Crippen LogP contribution in [-0.4, -0.2) is 40.8 Å². The van der Waals surface area contributed by atoms with Crippen molar-refractivity contribution in [3.8, 4) is 11.8 Å². The third-order valence-electron chi connectivity index (χ3n) is 6.86. The van der Waals surface area contributed by atoms with E-state index in [4.69, 9.17) is 4.98 Å². The van der Waals surface area contributed by atoms with Crippen LogP contribution in [0.25, 0.3) is 11.0 Å². The minimum Gasteiger partial charge on any atom is -0.508 e. The third-order valence-corrected chi connectivity index (χ3v) is 6.86. The molecule has 2 aromatic heterocycles. The first kappa shape index (κ1) is 19.0. The van der Waals surface area contributed by atoms with E-state index in [-0.39, 0.29) is 0 Å². The molecule has 2 N–H and O–H groups in total. The summed E-state index contributed by atoms with van der Waals surface area (Å²) in [5.74, 6) is 0.737. The molecule has 30 heavy (non-hydrogen) atoms. The Hall–Kier alpha value is -3.04. The number of hydrogen-bond acceptors (Lipinski definition) is 5. The van der Waals surface area contributed by atoms with Crippen LogP contribution in [0.5, 0.6) is 5.75 Å². The topological polar surface area (TPSA) is 77.1 Å². The number of anilines is 1. The molecular weight excluding hydrogens is 374 g/mol. The maximum absolute atomic E-state index is 9.57. The van der Waals surface area contributed by atoms with Gasteiger partial charge in [0.05, 0.1) is 5.56 Å². The summed E-state index contributed by atoms with van der Waals surface area (Å²) in [6, 6.07) is 15.0. The van der Waals surface area contributed by atoms with E-state index in [0.717, 1.165) is 66.8 Å². The van der Waals surface area contributed by atoms with Gasteiger partial charge in [-0.05, 0) is 69.1 Å². The summed E-state index contributed by atoms with van der Waals surface area (Å²) in [6.45, 7) is 1.96. The number of nitrogens with one attached hydrogen (secondary N) is 1. The van der Waals surface area contributed by atoms with Crippen molar-refractivity contribution in [2.45, 2.75) is 43.7 Å². The van der Waals surface area contributed by atoms with Gasteiger partial charge in [0.25, 0.3) is 0 Å². The van der Waals surface area contributed by atoms with Crippen molar-refractivity contribution >= 4 is 16.7 Å². The summed E-state index contributed by atoms with van der Waals surface area (Å²) >= 11 is 0. The van der Waals surface area contributed by atoms with E-state index < -0.39 is 0 Å². The molecule has 1 saturated carbocycles. The van der Waals surface area contributed by atoms with Crippen LogP contribution >= 0.6 is 0 Å². The minimum absolute atomic E-state index is 0.304. The summed E-state index contributed by atoms with van der Waals surface area (Å²) < 4.78 is 2.23. The molecule has 5 rings (SSSR count).